The molecule has 1 saturated heterocycles. The van der Waals surface area contributed by atoms with Gasteiger partial charge in [0.2, 0.25) is 0 Å². The van der Waals surface area contributed by atoms with Crippen LogP contribution in [0.5, 0.6) is 0 Å². The Morgan fingerprint density at radius 1 is 1.15 bits per heavy atom. The average Bonchev–Trinajstić information content (AvgIpc) is 2.68. The van der Waals surface area contributed by atoms with Gasteiger partial charge in [-0.05, 0) is 42.3 Å². The van der Waals surface area contributed by atoms with Crippen molar-refractivity contribution < 1.29 is 4.39 Å². The Labute approximate surface area is 151 Å². The highest BCUT2D eigenvalue weighted by molar-refractivity contribution is 5.63. The molecular formula is C20H21FN4O. The van der Waals surface area contributed by atoms with Crippen molar-refractivity contribution in [3.8, 4) is 11.3 Å². The first kappa shape index (κ1) is 16.7. The van der Waals surface area contributed by atoms with Crippen LogP contribution in [0.15, 0.2) is 47.4 Å². The van der Waals surface area contributed by atoms with Gasteiger partial charge >= 0.3 is 0 Å². The van der Waals surface area contributed by atoms with Gasteiger partial charge in [0.1, 0.15) is 11.5 Å². The molecule has 3 heterocycles. The van der Waals surface area contributed by atoms with E-state index in [1.54, 1.807) is 4.40 Å². The fourth-order valence-corrected chi connectivity index (χ4v) is 3.35. The number of aromatic nitrogens is 2. The van der Waals surface area contributed by atoms with E-state index in [0.717, 1.165) is 43.9 Å². The van der Waals surface area contributed by atoms with Crippen molar-refractivity contribution in [3.63, 3.8) is 0 Å². The lowest BCUT2D eigenvalue weighted by molar-refractivity contribution is 0.588. The summed E-state index contributed by atoms with van der Waals surface area (Å²) in [6.45, 7) is 5.66. The zero-order valence-corrected chi connectivity index (χ0v) is 14.7. The Balaban J connectivity index is 1.77. The summed E-state index contributed by atoms with van der Waals surface area (Å²) in [5.74, 6) is -0.310. The summed E-state index contributed by atoms with van der Waals surface area (Å²) in [4.78, 5) is 19.5. The van der Waals surface area contributed by atoms with Crippen molar-refractivity contribution in [2.75, 3.05) is 31.1 Å². The second-order valence-corrected chi connectivity index (χ2v) is 6.53. The van der Waals surface area contributed by atoms with Gasteiger partial charge in [0.05, 0.1) is 11.4 Å². The molecule has 0 saturated carbocycles. The summed E-state index contributed by atoms with van der Waals surface area (Å²) >= 11 is 0. The van der Waals surface area contributed by atoms with Crippen molar-refractivity contribution in [1.29, 1.82) is 0 Å². The van der Waals surface area contributed by atoms with E-state index in [4.69, 9.17) is 0 Å². The van der Waals surface area contributed by atoms with Crippen LogP contribution in [0, 0.1) is 5.82 Å². The minimum atomic E-state index is -0.310. The summed E-state index contributed by atoms with van der Waals surface area (Å²) in [6, 6.07) is 10.1. The second kappa shape index (κ2) is 6.88. The lowest BCUT2D eigenvalue weighted by atomic mass is 10.1. The quantitative estimate of drug-likeness (QED) is 0.787. The number of hydrogen-bond acceptors (Lipinski definition) is 4. The molecule has 1 fully saturated rings. The molecule has 0 spiro atoms. The lowest BCUT2D eigenvalue weighted by Gasteiger charge is -2.29. The molecule has 0 aliphatic carbocycles. The Hall–Kier alpha value is -2.73. The first-order valence-corrected chi connectivity index (χ1v) is 8.93. The highest BCUT2D eigenvalue weighted by atomic mass is 19.1. The molecule has 1 N–H and O–H groups in total. The topological polar surface area (TPSA) is 49.6 Å². The van der Waals surface area contributed by atoms with E-state index in [1.165, 1.54) is 18.2 Å². The van der Waals surface area contributed by atoms with Crippen molar-refractivity contribution in [2.24, 2.45) is 0 Å². The Kier molecular flexibility index (Phi) is 4.42. The van der Waals surface area contributed by atoms with Gasteiger partial charge in [-0.15, -0.1) is 0 Å². The van der Waals surface area contributed by atoms with E-state index in [2.05, 4.69) is 15.2 Å². The first-order chi connectivity index (χ1) is 12.6. The monoisotopic (exact) mass is 352 g/mol. The maximum Gasteiger partial charge on any atom is 0.258 e. The molecule has 0 unspecified atom stereocenters. The first-order valence-electron chi connectivity index (χ1n) is 8.93. The van der Waals surface area contributed by atoms with Gasteiger partial charge in [-0.1, -0.05) is 6.92 Å². The van der Waals surface area contributed by atoms with Crippen LogP contribution in [-0.2, 0) is 6.42 Å². The second-order valence-electron chi connectivity index (χ2n) is 6.53. The minimum absolute atomic E-state index is 0.163. The number of halogens is 1. The highest BCUT2D eigenvalue weighted by Crippen LogP contribution is 2.21. The molecule has 3 aromatic rings. The van der Waals surface area contributed by atoms with Crippen LogP contribution in [-0.4, -0.2) is 35.6 Å². The molecule has 1 aliphatic heterocycles. The van der Waals surface area contributed by atoms with Gasteiger partial charge in [-0.3, -0.25) is 9.20 Å². The van der Waals surface area contributed by atoms with Gasteiger partial charge in [0, 0.05) is 44.0 Å². The largest absolute Gasteiger partial charge is 0.368 e. The van der Waals surface area contributed by atoms with Crippen LogP contribution in [0.25, 0.3) is 16.9 Å². The molecule has 1 aliphatic rings. The number of rotatable bonds is 3. The Morgan fingerprint density at radius 2 is 1.96 bits per heavy atom. The SMILES string of the molecule is CCc1cc(F)cc(-c2cc(=O)n3cc(N4CCNCC4)ccc3n2)c1. The molecule has 0 amide bonds. The number of aryl methyl sites for hydroxylation is 1. The minimum Gasteiger partial charge on any atom is -0.368 e. The Morgan fingerprint density at radius 3 is 2.73 bits per heavy atom. The van der Waals surface area contributed by atoms with E-state index < -0.39 is 0 Å². The zero-order valence-electron chi connectivity index (χ0n) is 14.7. The van der Waals surface area contributed by atoms with E-state index in [0.29, 0.717) is 16.9 Å². The third kappa shape index (κ3) is 3.20. The molecule has 1 aromatic carbocycles. The molecular weight excluding hydrogens is 331 g/mol. The summed E-state index contributed by atoms with van der Waals surface area (Å²) in [6.07, 6.45) is 2.56. The molecule has 6 heteroatoms. The number of nitrogens with one attached hydrogen (secondary N) is 1. The van der Waals surface area contributed by atoms with Crippen molar-refractivity contribution in [1.82, 2.24) is 14.7 Å². The van der Waals surface area contributed by atoms with Crippen molar-refractivity contribution in [3.05, 3.63) is 64.3 Å². The molecule has 0 radical (unpaired) electrons. The third-order valence-electron chi connectivity index (χ3n) is 4.79. The summed E-state index contributed by atoms with van der Waals surface area (Å²) in [5, 5.41) is 3.32. The number of hydrogen-bond donors (Lipinski definition) is 1. The van der Waals surface area contributed by atoms with Crippen LogP contribution < -0.4 is 15.8 Å². The van der Waals surface area contributed by atoms with Crippen LogP contribution in [0.2, 0.25) is 0 Å². The van der Waals surface area contributed by atoms with Crippen LogP contribution in [0.4, 0.5) is 10.1 Å². The van der Waals surface area contributed by atoms with Crippen LogP contribution >= 0.6 is 0 Å². The van der Waals surface area contributed by atoms with Gasteiger partial charge in [-0.2, -0.15) is 0 Å². The van der Waals surface area contributed by atoms with E-state index in [1.807, 2.05) is 31.3 Å². The number of benzene rings is 1. The number of pyridine rings is 1. The summed E-state index contributed by atoms with van der Waals surface area (Å²) < 4.78 is 15.4. The molecule has 2 aromatic heterocycles. The third-order valence-corrected chi connectivity index (χ3v) is 4.79. The van der Waals surface area contributed by atoms with Gasteiger partial charge < -0.3 is 10.2 Å². The van der Waals surface area contributed by atoms with Gasteiger partial charge in [0.15, 0.2) is 0 Å². The van der Waals surface area contributed by atoms with Crippen molar-refractivity contribution >= 4 is 11.3 Å². The summed E-state index contributed by atoms with van der Waals surface area (Å²) in [5.41, 5.74) is 3.43. The predicted octanol–water partition coefficient (Wildman–Crippen LogP) is 2.47. The smallest absolute Gasteiger partial charge is 0.258 e. The lowest BCUT2D eigenvalue weighted by Crippen LogP contribution is -2.43. The normalized spacial score (nSPS) is 14.8. The molecule has 4 rings (SSSR count). The zero-order chi connectivity index (χ0) is 18.1. The van der Waals surface area contributed by atoms with Gasteiger partial charge in [0.25, 0.3) is 5.56 Å². The van der Waals surface area contributed by atoms with Crippen molar-refractivity contribution in [2.45, 2.75) is 13.3 Å². The molecule has 0 atom stereocenters. The highest BCUT2D eigenvalue weighted by Gasteiger charge is 2.13. The molecule has 5 nitrogen and oxygen atoms in total. The summed E-state index contributed by atoms with van der Waals surface area (Å²) in [7, 11) is 0. The maximum atomic E-state index is 13.9. The van der Waals surface area contributed by atoms with Crippen LogP contribution in [0.3, 0.4) is 0 Å². The predicted molar refractivity (Wildman–Crippen MR) is 101 cm³/mol. The number of nitrogens with zero attached hydrogens (tertiary/aromatic N) is 3. The number of fused-ring (bicyclic) bond motifs is 1. The Bertz CT molecular complexity index is 1010. The molecule has 134 valence electrons. The fourth-order valence-electron chi connectivity index (χ4n) is 3.35. The van der Waals surface area contributed by atoms with E-state index in [9.17, 15) is 9.18 Å². The fraction of sp³-hybridized carbons (Fsp3) is 0.300. The average molecular weight is 352 g/mol. The van der Waals surface area contributed by atoms with E-state index >= 15 is 0 Å². The number of anilines is 1. The van der Waals surface area contributed by atoms with Gasteiger partial charge in [-0.25, -0.2) is 9.37 Å². The number of piperazine rings is 1. The molecule has 26 heavy (non-hydrogen) atoms. The van der Waals surface area contributed by atoms with Crippen LogP contribution in [0.1, 0.15) is 12.5 Å². The molecule has 0 bridgehead atoms. The van der Waals surface area contributed by atoms with E-state index in [-0.39, 0.29) is 11.4 Å². The maximum absolute atomic E-state index is 13.9. The standard InChI is InChI=1S/C20H21FN4O/c1-2-14-9-15(11-16(21)10-14)18-12-20(26)25-13-17(3-4-19(25)23-18)24-7-5-22-6-8-24/h3-4,9-13,22H,2,5-8H2,1H3.